The molecule has 0 aliphatic heterocycles. The van der Waals surface area contributed by atoms with E-state index >= 15 is 0 Å². The number of unbranched alkanes of at least 4 members (excludes halogenated alkanes) is 28. The molecule has 0 heterocycles. The van der Waals surface area contributed by atoms with Crippen LogP contribution in [0.15, 0.2) is 0 Å². The van der Waals surface area contributed by atoms with Gasteiger partial charge in [0.2, 0.25) is 0 Å². The van der Waals surface area contributed by atoms with Crippen molar-refractivity contribution in [2.24, 2.45) is 0 Å². The average molecular weight is 806 g/mol. The number of carbonyl (C=O) groups is 4. The van der Waals surface area contributed by atoms with Crippen LogP contribution in [-0.4, -0.2) is 55.4 Å². The highest BCUT2D eigenvalue weighted by Gasteiger charge is 2.19. The predicted molar refractivity (Wildman–Crippen MR) is 225 cm³/mol. The molecular weight excluding hydrogens is 720 g/mol. The Hall–Kier alpha value is -1.87. The molecule has 0 fully saturated rings. The van der Waals surface area contributed by atoms with Gasteiger partial charge in [-0.3, -0.25) is 23.5 Å². The zero-order chi connectivity index (χ0) is 40.9. The van der Waals surface area contributed by atoms with Gasteiger partial charge in [-0.1, -0.05) is 194 Å². The Morgan fingerprint density at radius 1 is 0.418 bits per heavy atom. The van der Waals surface area contributed by atoms with Gasteiger partial charge in [0.05, 0.1) is 19.0 Å². The number of esters is 3. The number of hydrogen-bond acceptors (Lipinski definition) is 8. The maximum Gasteiger partial charge on any atom is 0.306 e. The molecule has 0 aromatic heterocycles. The average Bonchev–Trinajstić information content (AvgIpc) is 3.16. The predicted octanol–water partition coefficient (Wildman–Crippen LogP) is 13.5. The first-order valence-electron chi connectivity index (χ1n) is 22.7. The van der Waals surface area contributed by atoms with Gasteiger partial charge in [0, 0.05) is 25.7 Å². The van der Waals surface area contributed by atoms with Crippen LogP contribution in [0.2, 0.25) is 0 Å². The van der Waals surface area contributed by atoms with Crippen LogP contribution in [0.25, 0.3) is 0 Å². The van der Waals surface area contributed by atoms with E-state index < -0.39 is 18.0 Å². The number of rotatable bonds is 41. The molecule has 0 bridgehead atoms. The highest BCUT2D eigenvalue weighted by Crippen LogP contribution is 2.16. The molecule has 0 spiro atoms. The Morgan fingerprint density at radius 3 is 0.964 bits per heavy atom. The Morgan fingerprint density at radius 2 is 0.673 bits per heavy atom. The fraction of sp³-hybridized carbons (Fsp3) is 0.911. The van der Waals surface area contributed by atoms with Crippen molar-refractivity contribution in [3.05, 3.63) is 0 Å². The zero-order valence-corrected chi connectivity index (χ0v) is 36.6. The van der Waals surface area contributed by atoms with Gasteiger partial charge < -0.3 is 19.3 Å². The van der Waals surface area contributed by atoms with Crippen LogP contribution < -0.4 is 0 Å². The molecule has 0 aliphatic carbocycles. The van der Waals surface area contributed by atoms with Crippen molar-refractivity contribution in [2.45, 2.75) is 245 Å². The number of aliphatic carboxylic acids is 1. The van der Waals surface area contributed by atoms with Crippen molar-refractivity contribution in [1.29, 1.82) is 0 Å². The summed E-state index contributed by atoms with van der Waals surface area (Å²) in [4.78, 5) is 47.8. The van der Waals surface area contributed by atoms with E-state index in [2.05, 4.69) is 30.0 Å². The van der Waals surface area contributed by atoms with Gasteiger partial charge in [-0.25, -0.2) is 0 Å². The molecule has 326 valence electrons. The SMILES string of the molecule is CCCCCCCCCCCCCCCCCC(=O)OCC(COC(=O)CCCC(=O)O)OC(=O)CCCCCCCCCCCCCCCCC.COCl. The van der Waals surface area contributed by atoms with E-state index in [4.69, 9.17) is 19.3 Å². The van der Waals surface area contributed by atoms with E-state index in [1.807, 2.05) is 0 Å². The molecule has 1 N–H and O–H groups in total. The van der Waals surface area contributed by atoms with Gasteiger partial charge in [0.15, 0.2) is 6.10 Å². The topological polar surface area (TPSA) is 125 Å². The number of halogens is 1. The van der Waals surface area contributed by atoms with E-state index in [0.29, 0.717) is 6.42 Å². The maximum atomic E-state index is 12.6. The molecule has 0 aliphatic rings. The van der Waals surface area contributed by atoms with Crippen molar-refractivity contribution in [1.82, 2.24) is 0 Å². The number of carboxylic acids is 1. The van der Waals surface area contributed by atoms with Gasteiger partial charge in [-0.05, 0) is 19.3 Å². The van der Waals surface area contributed by atoms with Crippen LogP contribution in [0.5, 0.6) is 0 Å². The molecule has 0 rings (SSSR count). The molecule has 0 radical (unpaired) electrons. The van der Waals surface area contributed by atoms with Gasteiger partial charge in [0.1, 0.15) is 13.2 Å². The number of hydrogen-bond donors (Lipinski definition) is 1. The molecule has 10 heteroatoms. The Balaban J connectivity index is 0. The Bertz CT molecular complexity index is 854. The van der Waals surface area contributed by atoms with Gasteiger partial charge >= 0.3 is 23.9 Å². The summed E-state index contributed by atoms with van der Waals surface area (Å²) in [6.07, 6.45) is 37.3. The third-order valence-corrected chi connectivity index (χ3v) is 9.90. The standard InChI is InChI=1S/C44H82O8.CH3ClO/c1-3-5-7-9-11-13-15-17-19-21-23-25-27-29-31-35-42(47)50-38-40(39-51-43(48)37-33-34-41(45)46)52-44(49)36-32-30-28-26-24-22-20-18-16-14-12-10-8-6-4-2;1-3-2/h40H,3-39H2,1-2H3,(H,45,46);1H3. The zero-order valence-electron chi connectivity index (χ0n) is 35.8. The first-order chi connectivity index (χ1) is 26.8. The summed E-state index contributed by atoms with van der Waals surface area (Å²) in [5.41, 5.74) is 0. The van der Waals surface area contributed by atoms with E-state index in [1.54, 1.807) is 0 Å². The minimum atomic E-state index is -0.973. The summed E-state index contributed by atoms with van der Waals surface area (Å²) in [5.74, 6) is -2.26. The van der Waals surface area contributed by atoms with Crippen molar-refractivity contribution >= 4 is 35.7 Å². The fourth-order valence-electron chi connectivity index (χ4n) is 6.54. The number of ether oxygens (including phenoxy) is 3. The lowest BCUT2D eigenvalue weighted by molar-refractivity contribution is -0.167. The number of carboxylic acid groups (broad SMARTS) is 1. The van der Waals surface area contributed by atoms with Crippen LogP contribution in [0.3, 0.4) is 0 Å². The minimum absolute atomic E-state index is 0.0366. The normalized spacial score (nSPS) is 11.4. The third kappa shape index (κ3) is 48.2. The van der Waals surface area contributed by atoms with Crippen molar-refractivity contribution in [2.75, 3.05) is 20.3 Å². The molecule has 1 unspecified atom stereocenters. The van der Waals surface area contributed by atoms with Crippen molar-refractivity contribution < 1.29 is 42.8 Å². The first kappa shape index (κ1) is 55.2. The first-order valence-corrected chi connectivity index (χ1v) is 23.0. The van der Waals surface area contributed by atoms with Gasteiger partial charge in [0.25, 0.3) is 0 Å². The summed E-state index contributed by atoms with van der Waals surface area (Å²) in [5, 5.41) is 8.80. The van der Waals surface area contributed by atoms with Crippen LogP contribution >= 0.6 is 11.9 Å². The van der Waals surface area contributed by atoms with E-state index in [9.17, 15) is 19.2 Å². The van der Waals surface area contributed by atoms with Crippen LogP contribution in [-0.2, 0) is 37.7 Å². The monoisotopic (exact) mass is 805 g/mol. The molecule has 0 saturated heterocycles. The molecule has 9 nitrogen and oxygen atoms in total. The summed E-state index contributed by atoms with van der Waals surface area (Å²) in [6, 6.07) is 0. The van der Waals surface area contributed by atoms with Crippen LogP contribution in [0.1, 0.15) is 239 Å². The van der Waals surface area contributed by atoms with Gasteiger partial charge in [-0.2, -0.15) is 0 Å². The van der Waals surface area contributed by atoms with E-state index in [1.165, 1.54) is 161 Å². The lowest BCUT2D eigenvalue weighted by Gasteiger charge is -2.18. The summed E-state index contributed by atoms with van der Waals surface area (Å²) in [6.45, 7) is 4.14. The maximum absolute atomic E-state index is 12.6. The summed E-state index contributed by atoms with van der Waals surface area (Å²) >= 11 is 4.50. The lowest BCUT2D eigenvalue weighted by atomic mass is 10.0. The Kier molecular flexibility index (Phi) is 46.7. The molecule has 0 amide bonds. The van der Waals surface area contributed by atoms with E-state index in [0.717, 1.165) is 38.5 Å². The largest absolute Gasteiger partial charge is 0.481 e. The highest BCUT2D eigenvalue weighted by atomic mass is 35.5. The third-order valence-electron chi connectivity index (χ3n) is 9.90. The highest BCUT2D eigenvalue weighted by molar-refractivity contribution is 6.07. The molecule has 1 atom stereocenters. The number of carbonyl (C=O) groups excluding carboxylic acids is 3. The summed E-state index contributed by atoms with van der Waals surface area (Å²) < 4.78 is 19.9. The molecule has 0 aromatic rings. The lowest BCUT2D eigenvalue weighted by Crippen LogP contribution is -2.30. The van der Waals surface area contributed by atoms with Crippen LogP contribution in [0, 0.1) is 0 Å². The molecular formula is C45H85ClO9. The smallest absolute Gasteiger partial charge is 0.306 e. The molecule has 55 heavy (non-hydrogen) atoms. The van der Waals surface area contributed by atoms with E-state index in [-0.39, 0.29) is 50.8 Å². The molecule has 0 saturated carbocycles. The second kappa shape index (κ2) is 46.5. The molecule has 0 aromatic carbocycles. The van der Waals surface area contributed by atoms with Crippen LogP contribution in [0.4, 0.5) is 0 Å². The minimum Gasteiger partial charge on any atom is -0.481 e. The fourth-order valence-corrected chi connectivity index (χ4v) is 6.54. The van der Waals surface area contributed by atoms with Crippen molar-refractivity contribution in [3.8, 4) is 0 Å². The van der Waals surface area contributed by atoms with Crippen molar-refractivity contribution in [3.63, 3.8) is 0 Å². The van der Waals surface area contributed by atoms with Gasteiger partial charge in [-0.15, -0.1) is 0 Å². The Labute approximate surface area is 342 Å². The second-order valence-corrected chi connectivity index (χ2v) is 15.6. The summed E-state index contributed by atoms with van der Waals surface area (Å²) in [7, 11) is 1.39. The quantitative estimate of drug-likeness (QED) is 0.0365. The second-order valence-electron chi connectivity index (χ2n) is 15.3.